The molecule has 0 bridgehead atoms. The van der Waals surface area contributed by atoms with E-state index >= 15 is 0 Å². The first-order valence-electron chi connectivity index (χ1n) is 9.72. The number of aryl methyl sites for hydroxylation is 1. The van der Waals surface area contributed by atoms with E-state index in [0.717, 1.165) is 25.7 Å². The minimum absolute atomic E-state index is 0.00704. The number of hydrogen-bond acceptors (Lipinski definition) is 3. The quantitative estimate of drug-likeness (QED) is 0.859. The lowest BCUT2D eigenvalue weighted by molar-refractivity contribution is -0.136. The first-order valence-corrected chi connectivity index (χ1v) is 9.72. The SMILES string of the molecule is CCC(CC)C(=O)N1CCC(NC(=O)c2oc3ccc(F)cc3c2C)CC1. The molecule has 0 radical (unpaired) electrons. The second-order valence-electron chi connectivity index (χ2n) is 7.28. The summed E-state index contributed by atoms with van der Waals surface area (Å²) in [7, 11) is 0. The smallest absolute Gasteiger partial charge is 0.287 e. The summed E-state index contributed by atoms with van der Waals surface area (Å²) in [6.45, 7) is 7.16. The average molecular weight is 374 g/mol. The molecule has 2 amide bonds. The third-order valence-corrected chi connectivity index (χ3v) is 5.58. The summed E-state index contributed by atoms with van der Waals surface area (Å²) >= 11 is 0. The van der Waals surface area contributed by atoms with Crippen molar-refractivity contribution in [2.24, 2.45) is 5.92 Å². The highest BCUT2D eigenvalue weighted by Gasteiger charge is 2.28. The first-order chi connectivity index (χ1) is 12.9. The van der Waals surface area contributed by atoms with Gasteiger partial charge in [0.15, 0.2) is 5.76 Å². The molecular formula is C21H27FN2O3. The van der Waals surface area contributed by atoms with Gasteiger partial charge in [-0.3, -0.25) is 9.59 Å². The number of nitrogens with zero attached hydrogens (tertiary/aromatic N) is 1. The van der Waals surface area contributed by atoms with Crippen LogP contribution in [-0.2, 0) is 4.79 Å². The van der Waals surface area contributed by atoms with Crippen molar-refractivity contribution < 1.29 is 18.4 Å². The Balaban J connectivity index is 1.62. The van der Waals surface area contributed by atoms with Crippen LogP contribution in [0.4, 0.5) is 4.39 Å². The van der Waals surface area contributed by atoms with Gasteiger partial charge in [0.05, 0.1) is 0 Å². The Bertz CT molecular complexity index is 833. The Labute approximate surface area is 158 Å². The minimum atomic E-state index is -0.354. The number of carbonyl (C=O) groups excluding carboxylic acids is 2. The van der Waals surface area contributed by atoms with Crippen LogP contribution in [0.25, 0.3) is 11.0 Å². The molecule has 146 valence electrons. The van der Waals surface area contributed by atoms with Crippen LogP contribution in [0.5, 0.6) is 0 Å². The third-order valence-electron chi connectivity index (χ3n) is 5.58. The second kappa shape index (κ2) is 8.11. The maximum absolute atomic E-state index is 13.4. The Hall–Kier alpha value is -2.37. The zero-order valence-electron chi connectivity index (χ0n) is 16.2. The highest BCUT2D eigenvalue weighted by Crippen LogP contribution is 2.26. The number of carbonyl (C=O) groups is 2. The predicted molar refractivity (Wildman–Crippen MR) is 102 cm³/mol. The number of furan rings is 1. The van der Waals surface area contributed by atoms with Crippen LogP contribution in [-0.4, -0.2) is 35.8 Å². The number of rotatable bonds is 5. The lowest BCUT2D eigenvalue weighted by Gasteiger charge is -2.34. The van der Waals surface area contributed by atoms with Crippen molar-refractivity contribution in [2.75, 3.05) is 13.1 Å². The fraction of sp³-hybridized carbons (Fsp3) is 0.524. The fourth-order valence-corrected chi connectivity index (χ4v) is 3.80. The van der Waals surface area contributed by atoms with Gasteiger partial charge < -0.3 is 14.6 Å². The fourth-order valence-electron chi connectivity index (χ4n) is 3.80. The van der Waals surface area contributed by atoms with E-state index in [0.29, 0.717) is 29.6 Å². The van der Waals surface area contributed by atoms with Crippen molar-refractivity contribution in [1.29, 1.82) is 0 Å². The summed E-state index contributed by atoms with van der Waals surface area (Å²) < 4.78 is 19.1. The number of halogens is 1. The second-order valence-corrected chi connectivity index (χ2v) is 7.28. The van der Waals surface area contributed by atoms with Gasteiger partial charge in [0.1, 0.15) is 11.4 Å². The number of piperidine rings is 1. The minimum Gasteiger partial charge on any atom is -0.451 e. The molecule has 1 aromatic heterocycles. The maximum atomic E-state index is 13.4. The van der Waals surface area contributed by atoms with Crippen LogP contribution in [0.3, 0.4) is 0 Å². The van der Waals surface area contributed by atoms with Crippen LogP contribution in [0.1, 0.15) is 55.6 Å². The summed E-state index contributed by atoms with van der Waals surface area (Å²) in [6.07, 6.45) is 3.17. The molecule has 1 N–H and O–H groups in total. The lowest BCUT2D eigenvalue weighted by Crippen LogP contribution is -2.48. The van der Waals surface area contributed by atoms with Crippen molar-refractivity contribution in [3.05, 3.63) is 35.3 Å². The molecule has 1 aromatic carbocycles. The number of nitrogens with one attached hydrogen (secondary N) is 1. The monoisotopic (exact) mass is 374 g/mol. The molecule has 0 unspecified atom stereocenters. The van der Waals surface area contributed by atoms with Crippen LogP contribution < -0.4 is 5.32 Å². The highest BCUT2D eigenvalue weighted by molar-refractivity contribution is 5.99. The van der Waals surface area contributed by atoms with Gasteiger partial charge >= 0.3 is 0 Å². The molecule has 1 aliphatic heterocycles. The van der Waals surface area contributed by atoms with E-state index in [1.807, 2.05) is 18.7 Å². The Kier molecular flexibility index (Phi) is 5.82. The van der Waals surface area contributed by atoms with Crippen molar-refractivity contribution in [1.82, 2.24) is 10.2 Å². The van der Waals surface area contributed by atoms with Crippen molar-refractivity contribution in [3.63, 3.8) is 0 Å². The van der Waals surface area contributed by atoms with E-state index in [4.69, 9.17) is 4.42 Å². The highest BCUT2D eigenvalue weighted by atomic mass is 19.1. The van der Waals surface area contributed by atoms with Crippen molar-refractivity contribution >= 4 is 22.8 Å². The molecule has 0 spiro atoms. The van der Waals surface area contributed by atoms with Gasteiger partial charge in [-0.25, -0.2) is 4.39 Å². The van der Waals surface area contributed by atoms with Gasteiger partial charge in [0.2, 0.25) is 5.91 Å². The lowest BCUT2D eigenvalue weighted by atomic mass is 9.98. The van der Waals surface area contributed by atoms with Gasteiger partial charge in [-0.15, -0.1) is 0 Å². The van der Waals surface area contributed by atoms with E-state index in [2.05, 4.69) is 5.32 Å². The number of hydrogen-bond donors (Lipinski definition) is 1. The normalized spacial score (nSPS) is 15.5. The number of likely N-dealkylation sites (tertiary alicyclic amines) is 1. The maximum Gasteiger partial charge on any atom is 0.287 e. The van der Waals surface area contributed by atoms with Crippen LogP contribution in [0, 0.1) is 18.7 Å². The Morgan fingerprint density at radius 3 is 2.56 bits per heavy atom. The van der Waals surface area contributed by atoms with E-state index in [1.165, 1.54) is 18.2 Å². The van der Waals surface area contributed by atoms with Gasteiger partial charge in [-0.1, -0.05) is 13.8 Å². The molecule has 0 aliphatic carbocycles. The largest absolute Gasteiger partial charge is 0.451 e. The molecule has 6 heteroatoms. The molecule has 0 saturated carbocycles. The number of amides is 2. The molecule has 2 aromatic rings. The molecule has 2 heterocycles. The molecule has 1 aliphatic rings. The van der Waals surface area contributed by atoms with Gasteiger partial charge in [0.25, 0.3) is 5.91 Å². The van der Waals surface area contributed by atoms with Crippen molar-refractivity contribution in [2.45, 2.75) is 52.5 Å². The molecular weight excluding hydrogens is 347 g/mol. The Morgan fingerprint density at radius 2 is 1.93 bits per heavy atom. The van der Waals surface area contributed by atoms with E-state index in [1.54, 1.807) is 6.92 Å². The summed E-state index contributed by atoms with van der Waals surface area (Å²) in [5.74, 6) is -0.0949. The van der Waals surface area contributed by atoms with E-state index < -0.39 is 0 Å². The topological polar surface area (TPSA) is 62.6 Å². The molecule has 0 atom stereocenters. The van der Waals surface area contributed by atoms with E-state index in [-0.39, 0.29) is 35.4 Å². The molecule has 3 rings (SSSR count). The predicted octanol–water partition coefficient (Wildman–Crippen LogP) is 4.04. The van der Waals surface area contributed by atoms with Gasteiger partial charge in [0, 0.05) is 36.0 Å². The molecule has 5 nitrogen and oxygen atoms in total. The number of fused-ring (bicyclic) bond motifs is 1. The van der Waals surface area contributed by atoms with E-state index in [9.17, 15) is 14.0 Å². The summed E-state index contributed by atoms with van der Waals surface area (Å²) in [5, 5.41) is 3.62. The summed E-state index contributed by atoms with van der Waals surface area (Å²) in [6, 6.07) is 4.25. The number of benzene rings is 1. The van der Waals surface area contributed by atoms with Crippen LogP contribution >= 0.6 is 0 Å². The van der Waals surface area contributed by atoms with Crippen LogP contribution in [0.15, 0.2) is 22.6 Å². The van der Waals surface area contributed by atoms with Gasteiger partial charge in [-0.2, -0.15) is 0 Å². The zero-order valence-corrected chi connectivity index (χ0v) is 16.2. The van der Waals surface area contributed by atoms with Crippen LogP contribution in [0.2, 0.25) is 0 Å². The third kappa shape index (κ3) is 3.99. The van der Waals surface area contributed by atoms with Crippen molar-refractivity contribution in [3.8, 4) is 0 Å². The van der Waals surface area contributed by atoms with Gasteiger partial charge in [-0.05, 0) is 50.8 Å². The first kappa shape index (κ1) is 19.4. The Morgan fingerprint density at radius 1 is 1.26 bits per heavy atom. The summed E-state index contributed by atoms with van der Waals surface area (Å²) in [5.41, 5.74) is 1.15. The zero-order chi connectivity index (χ0) is 19.6. The average Bonchev–Trinajstić information content (AvgIpc) is 2.99. The standard InChI is InChI=1S/C21H27FN2O3/c1-4-14(5-2)21(26)24-10-8-16(9-11-24)23-20(25)19-13(3)17-12-15(22)6-7-18(17)27-19/h6-7,12,14,16H,4-5,8-11H2,1-3H3,(H,23,25). The molecule has 27 heavy (non-hydrogen) atoms. The summed E-state index contributed by atoms with van der Waals surface area (Å²) in [4.78, 5) is 27.0. The molecule has 1 fully saturated rings. The molecule has 1 saturated heterocycles.